The van der Waals surface area contributed by atoms with E-state index in [1.54, 1.807) is 42.5 Å². The van der Waals surface area contributed by atoms with Crippen LogP contribution in [-0.4, -0.2) is 11.1 Å². The lowest BCUT2D eigenvalue weighted by molar-refractivity contribution is -0.136. The summed E-state index contributed by atoms with van der Waals surface area (Å²) in [5.74, 6) is 0.0840. The third kappa shape index (κ3) is 3.63. The van der Waals surface area contributed by atoms with Gasteiger partial charge in [-0.05, 0) is 18.2 Å². The van der Waals surface area contributed by atoms with Crippen molar-refractivity contribution in [3.8, 4) is 11.5 Å². The molecule has 0 saturated heterocycles. The molecule has 2 aromatic rings. The van der Waals surface area contributed by atoms with Crippen molar-refractivity contribution in [1.82, 2.24) is 0 Å². The molecule has 0 aliphatic heterocycles. The number of hydrogen-bond donors (Lipinski definition) is 1. The first kappa shape index (κ1) is 13.7. The van der Waals surface area contributed by atoms with Crippen LogP contribution in [0.2, 0.25) is 10.0 Å². The topological polar surface area (TPSA) is 46.5 Å². The second-order valence-electron chi connectivity index (χ2n) is 3.86. The monoisotopic (exact) mass is 296 g/mol. The predicted molar refractivity (Wildman–Crippen MR) is 74.3 cm³/mol. The minimum absolute atomic E-state index is 0.0997. The molecule has 0 heterocycles. The van der Waals surface area contributed by atoms with Gasteiger partial charge in [0.1, 0.15) is 11.5 Å². The van der Waals surface area contributed by atoms with Crippen molar-refractivity contribution in [2.24, 2.45) is 0 Å². The molecule has 0 aliphatic carbocycles. The standard InChI is InChI=1S/C14H10Cl2O3/c15-11-6-5-10(8-12(11)16)19-13-4-2-1-3-9(13)7-14(17)18/h1-6,8H,7H2,(H,17,18). The SMILES string of the molecule is O=C(O)Cc1ccccc1Oc1ccc(Cl)c(Cl)c1. The summed E-state index contributed by atoms with van der Waals surface area (Å²) < 4.78 is 5.64. The average Bonchev–Trinajstić information content (AvgIpc) is 2.36. The van der Waals surface area contributed by atoms with Gasteiger partial charge in [-0.15, -0.1) is 0 Å². The number of ether oxygens (including phenoxy) is 1. The number of carboxylic acids is 1. The Kier molecular flexibility index (Phi) is 4.30. The van der Waals surface area contributed by atoms with Gasteiger partial charge in [0.15, 0.2) is 0 Å². The quantitative estimate of drug-likeness (QED) is 0.909. The zero-order valence-electron chi connectivity index (χ0n) is 9.77. The highest BCUT2D eigenvalue weighted by Gasteiger charge is 2.09. The number of aliphatic carboxylic acids is 1. The lowest BCUT2D eigenvalue weighted by Gasteiger charge is -2.10. The van der Waals surface area contributed by atoms with Crippen LogP contribution in [0, 0.1) is 0 Å². The first-order chi connectivity index (χ1) is 9.06. The van der Waals surface area contributed by atoms with Gasteiger partial charge in [0.05, 0.1) is 16.5 Å². The minimum Gasteiger partial charge on any atom is -0.481 e. The fraction of sp³-hybridized carbons (Fsp3) is 0.0714. The fourth-order valence-corrected chi connectivity index (χ4v) is 1.87. The Labute approximate surface area is 120 Å². The van der Waals surface area contributed by atoms with Crippen LogP contribution in [0.1, 0.15) is 5.56 Å². The smallest absolute Gasteiger partial charge is 0.307 e. The summed E-state index contributed by atoms with van der Waals surface area (Å²) in [5, 5.41) is 9.67. The lowest BCUT2D eigenvalue weighted by atomic mass is 10.1. The largest absolute Gasteiger partial charge is 0.481 e. The highest BCUT2D eigenvalue weighted by Crippen LogP contribution is 2.31. The van der Waals surface area contributed by atoms with Gasteiger partial charge in [0.2, 0.25) is 0 Å². The second kappa shape index (κ2) is 5.95. The van der Waals surface area contributed by atoms with E-state index in [9.17, 15) is 4.79 Å². The van der Waals surface area contributed by atoms with Gasteiger partial charge in [-0.3, -0.25) is 4.79 Å². The van der Waals surface area contributed by atoms with Crippen LogP contribution in [0.4, 0.5) is 0 Å². The molecule has 5 heteroatoms. The van der Waals surface area contributed by atoms with Crippen molar-refractivity contribution in [2.75, 3.05) is 0 Å². The summed E-state index contributed by atoms with van der Waals surface area (Å²) in [5.41, 5.74) is 0.598. The summed E-state index contributed by atoms with van der Waals surface area (Å²) >= 11 is 11.7. The summed E-state index contributed by atoms with van der Waals surface area (Å²) in [6.45, 7) is 0. The van der Waals surface area contributed by atoms with Crippen LogP contribution in [-0.2, 0) is 11.2 Å². The first-order valence-electron chi connectivity index (χ1n) is 5.49. The molecule has 0 radical (unpaired) electrons. The molecule has 2 aromatic carbocycles. The molecule has 3 nitrogen and oxygen atoms in total. The van der Waals surface area contributed by atoms with Crippen LogP contribution >= 0.6 is 23.2 Å². The van der Waals surface area contributed by atoms with Gasteiger partial charge in [0.25, 0.3) is 0 Å². The molecular formula is C14H10Cl2O3. The third-order valence-corrected chi connectivity index (χ3v) is 3.17. The highest BCUT2D eigenvalue weighted by molar-refractivity contribution is 6.42. The average molecular weight is 297 g/mol. The highest BCUT2D eigenvalue weighted by atomic mass is 35.5. The number of carboxylic acid groups (broad SMARTS) is 1. The molecule has 19 heavy (non-hydrogen) atoms. The molecule has 2 rings (SSSR count). The Morgan fingerprint density at radius 3 is 2.53 bits per heavy atom. The summed E-state index contributed by atoms with van der Waals surface area (Å²) in [7, 11) is 0. The third-order valence-electron chi connectivity index (χ3n) is 2.43. The molecule has 0 saturated carbocycles. The van der Waals surface area contributed by atoms with Crippen molar-refractivity contribution in [3.05, 3.63) is 58.1 Å². The van der Waals surface area contributed by atoms with Crippen molar-refractivity contribution < 1.29 is 14.6 Å². The molecule has 0 spiro atoms. The van der Waals surface area contributed by atoms with Crippen LogP contribution in [0.3, 0.4) is 0 Å². The Morgan fingerprint density at radius 2 is 1.84 bits per heavy atom. The zero-order valence-corrected chi connectivity index (χ0v) is 11.3. The van der Waals surface area contributed by atoms with Crippen LogP contribution in [0.5, 0.6) is 11.5 Å². The molecule has 0 aromatic heterocycles. The summed E-state index contributed by atoms with van der Waals surface area (Å²) in [4.78, 5) is 10.8. The number of para-hydroxylation sites is 1. The molecule has 98 valence electrons. The molecular weight excluding hydrogens is 287 g/mol. The molecule has 0 aliphatic rings. The van der Waals surface area contributed by atoms with Crippen LogP contribution < -0.4 is 4.74 Å². The number of halogens is 2. The maximum absolute atomic E-state index is 10.8. The lowest BCUT2D eigenvalue weighted by Crippen LogP contribution is -2.01. The van der Waals surface area contributed by atoms with Gasteiger partial charge in [-0.25, -0.2) is 0 Å². The van der Waals surface area contributed by atoms with E-state index in [4.69, 9.17) is 33.0 Å². The number of benzene rings is 2. The molecule has 0 fully saturated rings. The van der Waals surface area contributed by atoms with Crippen molar-refractivity contribution in [2.45, 2.75) is 6.42 Å². The van der Waals surface area contributed by atoms with E-state index < -0.39 is 5.97 Å². The molecule has 1 N–H and O–H groups in total. The van der Waals surface area contributed by atoms with Crippen molar-refractivity contribution in [1.29, 1.82) is 0 Å². The molecule has 0 atom stereocenters. The van der Waals surface area contributed by atoms with Crippen LogP contribution in [0.25, 0.3) is 0 Å². The Hall–Kier alpha value is -1.71. The Morgan fingerprint density at radius 1 is 1.11 bits per heavy atom. The van der Waals surface area contributed by atoms with E-state index in [-0.39, 0.29) is 6.42 Å². The first-order valence-corrected chi connectivity index (χ1v) is 6.24. The number of hydrogen-bond acceptors (Lipinski definition) is 2. The van der Waals surface area contributed by atoms with Crippen LogP contribution in [0.15, 0.2) is 42.5 Å². The van der Waals surface area contributed by atoms with E-state index >= 15 is 0 Å². The normalized spacial score (nSPS) is 10.2. The van der Waals surface area contributed by atoms with Crippen molar-refractivity contribution >= 4 is 29.2 Å². The van der Waals surface area contributed by atoms with Gasteiger partial charge in [-0.2, -0.15) is 0 Å². The molecule has 0 unspecified atom stereocenters. The zero-order chi connectivity index (χ0) is 13.8. The molecule has 0 bridgehead atoms. The van der Waals surface area contributed by atoms with Gasteiger partial charge < -0.3 is 9.84 Å². The Bertz CT molecular complexity index is 611. The van der Waals surface area contributed by atoms with E-state index in [2.05, 4.69) is 0 Å². The van der Waals surface area contributed by atoms with E-state index in [1.807, 2.05) is 0 Å². The minimum atomic E-state index is -0.912. The predicted octanol–water partition coefficient (Wildman–Crippen LogP) is 4.41. The maximum atomic E-state index is 10.8. The summed E-state index contributed by atoms with van der Waals surface area (Å²) in [6, 6.07) is 11.8. The van der Waals surface area contributed by atoms with E-state index in [1.165, 1.54) is 0 Å². The van der Waals surface area contributed by atoms with Crippen molar-refractivity contribution in [3.63, 3.8) is 0 Å². The van der Waals surface area contributed by atoms with E-state index in [0.29, 0.717) is 27.1 Å². The summed E-state index contributed by atoms with van der Waals surface area (Å²) in [6.07, 6.45) is -0.0997. The number of carbonyl (C=O) groups is 1. The second-order valence-corrected chi connectivity index (χ2v) is 4.67. The maximum Gasteiger partial charge on any atom is 0.307 e. The molecule has 0 amide bonds. The van der Waals surface area contributed by atoms with Gasteiger partial charge >= 0.3 is 5.97 Å². The fourth-order valence-electron chi connectivity index (χ4n) is 1.58. The van der Waals surface area contributed by atoms with Gasteiger partial charge in [-0.1, -0.05) is 41.4 Å². The van der Waals surface area contributed by atoms with Gasteiger partial charge in [0, 0.05) is 11.6 Å². The number of rotatable bonds is 4. The Balaban J connectivity index is 2.27. The van der Waals surface area contributed by atoms with E-state index in [0.717, 1.165) is 0 Å².